The molecule has 68 valence electrons. The summed E-state index contributed by atoms with van der Waals surface area (Å²) in [5, 5.41) is 3.40. The second-order valence-electron chi connectivity index (χ2n) is 3.26. The number of piperidine rings is 1. The molecule has 2 heterocycles. The van der Waals surface area contributed by atoms with Gasteiger partial charge in [0.2, 0.25) is 0 Å². The van der Waals surface area contributed by atoms with Gasteiger partial charge in [0.1, 0.15) is 0 Å². The molecule has 0 saturated carbocycles. The maximum atomic E-state index is 3.40. The minimum atomic E-state index is 0. The van der Waals surface area contributed by atoms with E-state index in [-0.39, 0.29) is 24.8 Å². The third kappa shape index (κ3) is 2.00. The molecule has 0 amide bonds. The highest BCUT2D eigenvalue weighted by molar-refractivity contribution is 5.85. The Balaban J connectivity index is 0.000000500. The molecule has 0 aromatic heterocycles. The Morgan fingerprint density at radius 3 is 2.55 bits per heavy atom. The van der Waals surface area contributed by atoms with Crippen LogP contribution in [0.5, 0.6) is 0 Å². The molecule has 2 nitrogen and oxygen atoms in total. The van der Waals surface area contributed by atoms with Crippen LogP contribution in [0.2, 0.25) is 0 Å². The lowest BCUT2D eigenvalue weighted by Crippen LogP contribution is -2.61. The maximum Gasteiger partial charge on any atom is 0.0258 e. The number of likely N-dealkylation sites (N-methyl/N-ethyl adjacent to an activating group) is 1. The number of hydrogen-bond donors (Lipinski definition) is 1. The Hall–Kier alpha value is 0.500. The predicted molar refractivity (Wildman–Crippen MR) is 51.9 cm³/mol. The van der Waals surface area contributed by atoms with Gasteiger partial charge in [-0.3, -0.25) is 0 Å². The summed E-state index contributed by atoms with van der Waals surface area (Å²) in [5.41, 5.74) is 0. The van der Waals surface area contributed by atoms with Gasteiger partial charge in [-0.2, -0.15) is 0 Å². The van der Waals surface area contributed by atoms with E-state index in [1.165, 1.54) is 26.1 Å². The van der Waals surface area contributed by atoms with Crippen molar-refractivity contribution < 1.29 is 0 Å². The van der Waals surface area contributed by atoms with Crippen molar-refractivity contribution in [2.75, 3.05) is 26.7 Å². The molecule has 0 spiro atoms. The van der Waals surface area contributed by atoms with Crippen LogP contribution in [-0.2, 0) is 0 Å². The summed E-state index contributed by atoms with van der Waals surface area (Å²) in [6, 6.07) is 0.874. The van der Waals surface area contributed by atoms with Gasteiger partial charge in [0.15, 0.2) is 0 Å². The summed E-state index contributed by atoms with van der Waals surface area (Å²) in [5.74, 6) is 1.02. The average molecular weight is 199 g/mol. The normalized spacial score (nSPS) is 35.7. The van der Waals surface area contributed by atoms with Gasteiger partial charge in [0, 0.05) is 19.1 Å². The van der Waals surface area contributed by atoms with Crippen molar-refractivity contribution in [3.8, 4) is 0 Å². The fraction of sp³-hybridized carbons (Fsp3) is 1.00. The second kappa shape index (κ2) is 4.51. The number of fused-ring (bicyclic) bond motifs is 1. The largest absolute Gasteiger partial charge is 0.315 e. The van der Waals surface area contributed by atoms with Gasteiger partial charge in [-0.15, -0.1) is 24.8 Å². The lowest BCUT2D eigenvalue weighted by atomic mass is 9.84. The Morgan fingerprint density at radius 1 is 1.36 bits per heavy atom. The molecule has 11 heavy (non-hydrogen) atoms. The first-order valence-electron chi connectivity index (χ1n) is 3.79. The highest BCUT2D eigenvalue weighted by atomic mass is 35.5. The van der Waals surface area contributed by atoms with Gasteiger partial charge < -0.3 is 10.2 Å². The smallest absolute Gasteiger partial charge is 0.0258 e. The SMILES string of the molecule is CN1CC2CCNCC21.Cl.Cl. The van der Waals surface area contributed by atoms with Gasteiger partial charge in [0.25, 0.3) is 0 Å². The molecule has 2 atom stereocenters. The first-order chi connectivity index (χ1) is 4.38. The number of likely N-dealkylation sites (tertiary alicyclic amines) is 1. The van der Waals surface area contributed by atoms with Crippen LogP contribution >= 0.6 is 24.8 Å². The highest BCUT2D eigenvalue weighted by Crippen LogP contribution is 2.27. The first-order valence-corrected chi connectivity index (χ1v) is 3.79. The second-order valence-corrected chi connectivity index (χ2v) is 3.26. The zero-order chi connectivity index (χ0) is 6.27. The van der Waals surface area contributed by atoms with Crippen molar-refractivity contribution in [1.29, 1.82) is 0 Å². The standard InChI is InChI=1S/C7H14N2.2ClH/c1-9-5-6-2-3-8-4-7(6)9;;/h6-8H,2-5H2,1H3;2*1H. The summed E-state index contributed by atoms with van der Waals surface area (Å²) < 4.78 is 0. The van der Waals surface area contributed by atoms with Gasteiger partial charge in [-0.1, -0.05) is 0 Å². The number of hydrogen-bond acceptors (Lipinski definition) is 2. The summed E-state index contributed by atoms with van der Waals surface area (Å²) >= 11 is 0. The molecule has 2 fully saturated rings. The monoisotopic (exact) mass is 198 g/mol. The molecule has 4 heteroatoms. The van der Waals surface area contributed by atoms with Crippen molar-refractivity contribution in [2.24, 2.45) is 5.92 Å². The third-order valence-electron chi connectivity index (χ3n) is 2.68. The predicted octanol–water partition coefficient (Wildman–Crippen LogP) is 0.753. The molecule has 2 unspecified atom stereocenters. The maximum absolute atomic E-state index is 3.40. The number of halogens is 2. The van der Waals surface area contributed by atoms with E-state index in [9.17, 15) is 0 Å². The minimum Gasteiger partial charge on any atom is -0.315 e. The highest BCUT2D eigenvalue weighted by Gasteiger charge is 2.37. The molecule has 0 bridgehead atoms. The quantitative estimate of drug-likeness (QED) is 0.619. The van der Waals surface area contributed by atoms with Crippen LogP contribution in [0.3, 0.4) is 0 Å². The van der Waals surface area contributed by atoms with E-state index in [0.29, 0.717) is 0 Å². The van der Waals surface area contributed by atoms with Gasteiger partial charge in [-0.25, -0.2) is 0 Å². The third-order valence-corrected chi connectivity index (χ3v) is 2.68. The molecule has 2 rings (SSSR count). The Kier molecular flexibility index (Phi) is 4.71. The van der Waals surface area contributed by atoms with E-state index in [2.05, 4.69) is 17.3 Å². The number of nitrogens with zero attached hydrogens (tertiary/aromatic N) is 1. The van der Waals surface area contributed by atoms with Crippen LogP contribution in [0.4, 0.5) is 0 Å². The Morgan fingerprint density at radius 2 is 2.09 bits per heavy atom. The van der Waals surface area contributed by atoms with E-state index in [4.69, 9.17) is 0 Å². The summed E-state index contributed by atoms with van der Waals surface area (Å²) in [6.45, 7) is 3.81. The fourth-order valence-electron chi connectivity index (χ4n) is 1.99. The van der Waals surface area contributed by atoms with Crippen LogP contribution in [0, 0.1) is 5.92 Å². The van der Waals surface area contributed by atoms with Crippen LogP contribution in [-0.4, -0.2) is 37.6 Å². The van der Waals surface area contributed by atoms with Crippen LogP contribution in [0.1, 0.15) is 6.42 Å². The van der Waals surface area contributed by atoms with Crippen molar-refractivity contribution in [1.82, 2.24) is 10.2 Å². The molecule has 0 aromatic rings. The number of nitrogens with one attached hydrogen (secondary N) is 1. The lowest BCUT2D eigenvalue weighted by molar-refractivity contribution is 0.0191. The molecule has 2 aliphatic rings. The van der Waals surface area contributed by atoms with Gasteiger partial charge in [-0.05, 0) is 25.9 Å². The summed E-state index contributed by atoms with van der Waals surface area (Å²) in [7, 11) is 2.22. The topological polar surface area (TPSA) is 15.3 Å². The average Bonchev–Trinajstić information content (AvgIpc) is 1.86. The molecule has 1 N–H and O–H groups in total. The van der Waals surface area contributed by atoms with Gasteiger partial charge >= 0.3 is 0 Å². The van der Waals surface area contributed by atoms with Crippen LogP contribution in [0.25, 0.3) is 0 Å². The zero-order valence-electron chi connectivity index (χ0n) is 6.75. The number of rotatable bonds is 0. The molecule has 0 radical (unpaired) electrons. The van der Waals surface area contributed by atoms with Gasteiger partial charge in [0.05, 0.1) is 0 Å². The van der Waals surface area contributed by atoms with E-state index < -0.39 is 0 Å². The van der Waals surface area contributed by atoms with Crippen molar-refractivity contribution in [3.63, 3.8) is 0 Å². The van der Waals surface area contributed by atoms with Crippen molar-refractivity contribution in [3.05, 3.63) is 0 Å². The molecule has 0 aromatic carbocycles. The van der Waals surface area contributed by atoms with E-state index in [1.54, 1.807) is 0 Å². The van der Waals surface area contributed by atoms with Crippen LogP contribution in [0.15, 0.2) is 0 Å². The Bertz CT molecular complexity index is 119. The minimum absolute atomic E-state index is 0. The van der Waals surface area contributed by atoms with E-state index >= 15 is 0 Å². The van der Waals surface area contributed by atoms with E-state index in [1.807, 2.05) is 0 Å². The Labute approximate surface area is 80.5 Å². The summed E-state index contributed by atoms with van der Waals surface area (Å²) in [6.07, 6.45) is 1.40. The summed E-state index contributed by atoms with van der Waals surface area (Å²) in [4.78, 5) is 2.44. The van der Waals surface area contributed by atoms with Crippen molar-refractivity contribution >= 4 is 24.8 Å². The fourth-order valence-corrected chi connectivity index (χ4v) is 1.99. The molecular formula is C7H16Cl2N2. The zero-order valence-corrected chi connectivity index (χ0v) is 8.38. The first kappa shape index (κ1) is 11.5. The molecule has 2 aliphatic heterocycles. The lowest BCUT2D eigenvalue weighted by Gasteiger charge is -2.49. The molecule has 2 saturated heterocycles. The molecular weight excluding hydrogens is 183 g/mol. The molecule has 0 aliphatic carbocycles. The van der Waals surface area contributed by atoms with Crippen LogP contribution < -0.4 is 5.32 Å². The van der Waals surface area contributed by atoms with Crippen molar-refractivity contribution in [2.45, 2.75) is 12.5 Å². The van der Waals surface area contributed by atoms with E-state index in [0.717, 1.165) is 12.0 Å².